The number of allylic oxidation sites excluding steroid dienone is 6. The van der Waals surface area contributed by atoms with Gasteiger partial charge in [0.05, 0.1) is 25.2 Å². The van der Waals surface area contributed by atoms with Crippen LogP contribution >= 0.6 is 0 Å². The lowest BCUT2D eigenvalue weighted by Gasteiger charge is -2.24. The third-order valence-electron chi connectivity index (χ3n) is 12.9. The van der Waals surface area contributed by atoms with Crippen LogP contribution < -0.4 is 5.32 Å². The summed E-state index contributed by atoms with van der Waals surface area (Å²) in [6.45, 7) is 6.47. The van der Waals surface area contributed by atoms with Crippen LogP contribution in [0.15, 0.2) is 36.5 Å². The van der Waals surface area contributed by atoms with Crippen LogP contribution in [0.2, 0.25) is 0 Å². The Bertz CT molecular complexity index is 1060. The number of aliphatic hydroxyl groups excluding tert-OH is 2. The molecule has 0 bridgehead atoms. The van der Waals surface area contributed by atoms with Crippen molar-refractivity contribution in [3.05, 3.63) is 36.5 Å². The molecule has 0 rings (SSSR count). The SMILES string of the molecule is CCCCC/C=C\C/C=C\CCCCCCCCCC(=O)OC(CCC/C=C\CCCCCCCCC)CC(=O)NC(CO)C(O)CCCCCCCCCCCCCCCCCC. The van der Waals surface area contributed by atoms with E-state index in [2.05, 4.69) is 62.5 Å². The summed E-state index contributed by atoms with van der Waals surface area (Å²) in [6.07, 6.45) is 62.1. The van der Waals surface area contributed by atoms with Crippen molar-refractivity contribution in [3.63, 3.8) is 0 Å². The molecule has 0 aromatic heterocycles. The summed E-state index contributed by atoms with van der Waals surface area (Å²) in [6, 6.07) is -0.710. The quantitative estimate of drug-likeness (QED) is 0.0321. The van der Waals surface area contributed by atoms with Gasteiger partial charge in [0, 0.05) is 6.42 Å². The number of unbranched alkanes of at least 4 members (excludes halogenated alkanes) is 33. The Labute approximate surface area is 398 Å². The highest BCUT2D eigenvalue weighted by Crippen LogP contribution is 2.18. The molecule has 3 N–H and O–H groups in total. The Morgan fingerprint density at radius 2 is 0.812 bits per heavy atom. The number of ether oxygens (including phenoxy) is 1. The average Bonchev–Trinajstić information content (AvgIpc) is 3.29. The molecule has 0 fully saturated rings. The Balaban J connectivity index is 4.51. The molecule has 0 aromatic carbocycles. The van der Waals surface area contributed by atoms with Gasteiger partial charge in [-0.3, -0.25) is 9.59 Å². The van der Waals surface area contributed by atoms with Gasteiger partial charge in [0.15, 0.2) is 0 Å². The van der Waals surface area contributed by atoms with Gasteiger partial charge in [-0.25, -0.2) is 0 Å². The van der Waals surface area contributed by atoms with Gasteiger partial charge in [-0.1, -0.05) is 243 Å². The van der Waals surface area contributed by atoms with Gasteiger partial charge >= 0.3 is 5.97 Å². The molecule has 3 unspecified atom stereocenters. The summed E-state index contributed by atoms with van der Waals surface area (Å²) in [7, 11) is 0. The lowest BCUT2D eigenvalue weighted by atomic mass is 10.0. The lowest BCUT2D eigenvalue weighted by molar-refractivity contribution is -0.151. The molecule has 6 heteroatoms. The van der Waals surface area contributed by atoms with Crippen molar-refractivity contribution < 1.29 is 24.5 Å². The molecule has 0 aliphatic carbocycles. The molecule has 6 nitrogen and oxygen atoms in total. The number of rotatable bonds is 51. The molecular formula is C58H109NO5. The fraction of sp³-hybridized carbons (Fsp3) is 0.862. The highest BCUT2D eigenvalue weighted by molar-refractivity contribution is 5.77. The van der Waals surface area contributed by atoms with Gasteiger partial charge < -0.3 is 20.3 Å². The first-order valence-corrected chi connectivity index (χ1v) is 28.2. The Morgan fingerprint density at radius 1 is 0.453 bits per heavy atom. The molecule has 0 spiro atoms. The van der Waals surface area contributed by atoms with E-state index < -0.39 is 18.2 Å². The minimum absolute atomic E-state index is 0.0562. The fourth-order valence-electron chi connectivity index (χ4n) is 8.64. The smallest absolute Gasteiger partial charge is 0.306 e. The number of hydrogen-bond donors (Lipinski definition) is 3. The van der Waals surface area contributed by atoms with Gasteiger partial charge in [-0.15, -0.1) is 0 Å². The molecule has 3 atom stereocenters. The second kappa shape index (κ2) is 52.1. The van der Waals surface area contributed by atoms with Crippen LogP contribution in [0.1, 0.15) is 297 Å². The molecule has 0 heterocycles. The summed E-state index contributed by atoms with van der Waals surface area (Å²) in [5.41, 5.74) is 0. The van der Waals surface area contributed by atoms with E-state index in [0.29, 0.717) is 19.3 Å². The molecule has 0 aliphatic heterocycles. The minimum atomic E-state index is -0.794. The number of carbonyl (C=O) groups excluding carboxylic acids is 2. The van der Waals surface area contributed by atoms with E-state index in [1.165, 1.54) is 180 Å². The summed E-state index contributed by atoms with van der Waals surface area (Å²) in [4.78, 5) is 26.2. The fourth-order valence-corrected chi connectivity index (χ4v) is 8.64. The number of carbonyl (C=O) groups is 2. The highest BCUT2D eigenvalue weighted by atomic mass is 16.5. The van der Waals surface area contributed by atoms with Crippen molar-refractivity contribution in [1.29, 1.82) is 0 Å². The molecule has 0 aliphatic rings. The van der Waals surface area contributed by atoms with Crippen LogP contribution in [0.4, 0.5) is 0 Å². The normalized spacial score (nSPS) is 13.4. The second-order valence-corrected chi connectivity index (χ2v) is 19.3. The summed E-state index contributed by atoms with van der Waals surface area (Å²) in [5.74, 6) is -0.500. The van der Waals surface area contributed by atoms with Crippen LogP contribution in [0.5, 0.6) is 0 Å². The van der Waals surface area contributed by atoms with Crippen LogP contribution in [-0.4, -0.2) is 46.9 Å². The van der Waals surface area contributed by atoms with Gasteiger partial charge in [0.25, 0.3) is 0 Å². The standard InChI is InChI=1S/C58H109NO5/c1-4-7-10-13-16-19-22-25-27-29-31-33-36-39-42-45-48-51-58(63)64-54(49-46-43-40-37-34-24-21-18-15-12-9-6-3)52-57(62)59-55(53-60)56(61)50-47-44-41-38-35-32-30-28-26-23-20-17-14-11-8-5-2/h16,19,25,27,37,40,54-56,60-61H,4-15,17-18,20-24,26,28-36,38-39,41-53H2,1-3H3,(H,59,62)/b19-16-,27-25-,40-37-. The van der Waals surface area contributed by atoms with Crippen molar-refractivity contribution in [2.75, 3.05) is 6.61 Å². The van der Waals surface area contributed by atoms with E-state index in [9.17, 15) is 19.8 Å². The van der Waals surface area contributed by atoms with Crippen LogP contribution in [-0.2, 0) is 14.3 Å². The summed E-state index contributed by atoms with van der Waals surface area (Å²) < 4.78 is 5.93. The van der Waals surface area contributed by atoms with Crippen molar-refractivity contribution in [2.45, 2.75) is 315 Å². The summed E-state index contributed by atoms with van der Waals surface area (Å²) in [5, 5.41) is 23.8. The number of aliphatic hydroxyl groups is 2. The molecular weight excluding hydrogens is 791 g/mol. The molecule has 1 amide bonds. The van der Waals surface area contributed by atoms with Crippen molar-refractivity contribution in [3.8, 4) is 0 Å². The van der Waals surface area contributed by atoms with E-state index in [4.69, 9.17) is 4.74 Å². The maximum atomic E-state index is 13.2. The van der Waals surface area contributed by atoms with E-state index in [-0.39, 0.29) is 24.9 Å². The molecule has 0 radical (unpaired) electrons. The molecule has 0 aromatic rings. The molecule has 0 saturated heterocycles. The molecule has 376 valence electrons. The average molecular weight is 901 g/mol. The van der Waals surface area contributed by atoms with Gasteiger partial charge in [0.1, 0.15) is 6.10 Å². The zero-order valence-electron chi connectivity index (χ0n) is 42.9. The Morgan fingerprint density at radius 3 is 1.27 bits per heavy atom. The van der Waals surface area contributed by atoms with Gasteiger partial charge in [-0.2, -0.15) is 0 Å². The van der Waals surface area contributed by atoms with Crippen molar-refractivity contribution in [2.24, 2.45) is 0 Å². The van der Waals surface area contributed by atoms with E-state index >= 15 is 0 Å². The number of nitrogens with one attached hydrogen (secondary N) is 1. The predicted molar refractivity (Wildman–Crippen MR) is 278 cm³/mol. The van der Waals surface area contributed by atoms with Crippen LogP contribution in [0.3, 0.4) is 0 Å². The van der Waals surface area contributed by atoms with Gasteiger partial charge in [0.2, 0.25) is 5.91 Å². The molecule has 64 heavy (non-hydrogen) atoms. The minimum Gasteiger partial charge on any atom is -0.462 e. The van der Waals surface area contributed by atoms with Gasteiger partial charge in [-0.05, 0) is 77.0 Å². The summed E-state index contributed by atoms with van der Waals surface area (Å²) >= 11 is 0. The zero-order chi connectivity index (χ0) is 46.7. The third-order valence-corrected chi connectivity index (χ3v) is 12.9. The zero-order valence-corrected chi connectivity index (χ0v) is 42.9. The van der Waals surface area contributed by atoms with Crippen molar-refractivity contribution in [1.82, 2.24) is 5.32 Å². The Kier molecular flexibility index (Phi) is 50.5. The lowest BCUT2D eigenvalue weighted by Crippen LogP contribution is -2.46. The number of amides is 1. The molecule has 0 saturated carbocycles. The predicted octanol–water partition coefficient (Wildman–Crippen LogP) is 17.2. The third kappa shape index (κ3) is 46.6. The van der Waals surface area contributed by atoms with E-state index in [1.54, 1.807) is 0 Å². The van der Waals surface area contributed by atoms with Crippen molar-refractivity contribution >= 4 is 11.9 Å². The first kappa shape index (κ1) is 62.1. The van der Waals surface area contributed by atoms with Crippen LogP contribution in [0, 0.1) is 0 Å². The first-order valence-electron chi connectivity index (χ1n) is 28.2. The topological polar surface area (TPSA) is 95.9 Å². The largest absolute Gasteiger partial charge is 0.462 e. The highest BCUT2D eigenvalue weighted by Gasteiger charge is 2.24. The maximum Gasteiger partial charge on any atom is 0.306 e. The number of esters is 1. The number of hydrogen-bond acceptors (Lipinski definition) is 5. The monoisotopic (exact) mass is 900 g/mol. The second-order valence-electron chi connectivity index (χ2n) is 19.3. The van der Waals surface area contributed by atoms with E-state index in [1.807, 2.05) is 0 Å². The van der Waals surface area contributed by atoms with Crippen LogP contribution in [0.25, 0.3) is 0 Å². The maximum absolute atomic E-state index is 13.2. The van der Waals surface area contributed by atoms with E-state index in [0.717, 1.165) is 70.6 Å². The first-order chi connectivity index (χ1) is 31.5. The Hall–Kier alpha value is -1.92.